The van der Waals surface area contributed by atoms with E-state index >= 15 is 0 Å². The summed E-state index contributed by atoms with van der Waals surface area (Å²) in [7, 11) is 0. The molecule has 0 amide bonds. The molecule has 20 aromatic rings. The molecule has 0 bridgehead atoms. The third-order valence-corrected chi connectivity index (χ3v) is 27.9. The van der Waals surface area contributed by atoms with E-state index in [4.69, 9.17) is 18.9 Å². The highest BCUT2D eigenvalue weighted by atomic mass is 32.1. The van der Waals surface area contributed by atoms with Gasteiger partial charge in [-0.05, 0) is 164 Å². The first kappa shape index (κ1) is 63.3. The van der Waals surface area contributed by atoms with Crippen LogP contribution in [0.2, 0.25) is 0 Å². The van der Waals surface area contributed by atoms with Crippen molar-refractivity contribution in [2.24, 2.45) is 0 Å². The summed E-state index contributed by atoms with van der Waals surface area (Å²) in [6.45, 7) is 12.8. The smallest absolute Gasteiger partial charge is 0.273 e. The van der Waals surface area contributed by atoms with Gasteiger partial charge >= 0.3 is 0 Å². The van der Waals surface area contributed by atoms with Gasteiger partial charge in [0, 0.05) is 132 Å². The van der Waals surface area contributed by atoms with Crippen molar-refractivity contribution in [1.29, 1.82) is 0 Å². The lowest BCUT2D eigenvalue weighted by Crippen LogP contribution is -2.65. The predicted molar refractivity (Wildman–Crippen MR) is 478 cm³/mol. The van der Waals surface area contributed by atoms with E-state index in [9.17, 15) is 0 Å². The van der Waals surface area contributed by atoms with Crippen LogP contribution in [0.15, 0.2) is 279 Å². The molecular weight excluding hydrogens is 1430 g/mol. The molecule has 6 aliphatic rings. The molecule has 15 aromatic carbocycles. The second-order valence-electron chi connectivity index (χ2n) is 32.1. The first-order chi connectivity index (χ1) is 56.0. The maximum Gasteiger partial charge on any atom is 0.273 e. The number of nitrogens with zero attached hydrogens (tertiary/aromatic N) is 5. The van der Waals surface area contributed by atoms with Gasteiger partial charge in [0.15, 0.2) is 0 Å². The van der Waals surface area contributed by atoms with Crippen molar-refractivity contribution in [3.63, 3.8) is 0 Å². The summed E-state index contributed by atoms with van der Waals surface area (Å²) in [5.74, 6) is 6.55. The van der Waals surface area contributed by atoms with Gasteiger partial charge in [0.1, 0.15) is 46.0 Å². The number of aromatic nitrogens is 3. The van der Waals surface area contributed by atoms with Crippen LogP contribution in [0.5, 0.6) is 46.0 Å². The number of fused-ring (bicyclic) bond motifs is 25. The van der Waals surface area contributed by atoms with E-state index in [0.29, 0.717) is 0 Å². The molecule has 0 atom stereocenters. The van der Waals surface area contributed by atoms with Gasteiger partial charge < -0.3 is 42.4 Å². The number of aryl methyl sites for hydroxylation is 6. The lowest BCUT2D eigenvalue weighted by atomic mass is 9.30. The Labute approximate surface area is 665 Å². The average molecular weight is 1500 g/mol. The van der Waals surface area contributed by atoms with Crippen LogP contribution < -0.4 is 76.5 Å². The first-order valence-electron chi connectivity index (χ1n) is 39.4. The molecule has 6 aliphatic heterocycles. The van der Waals surface area contributed by atoms with E-state index in [1.54, 1.807) is 0 Å². The van der Waals surface area contributed by atoms with Crippen molar-refractivity contribution in [2.75, 3.05) is 9.80 Å². The Morgan fingerprint density at radius 3 is 0.895 bits per heavy atom. The maximum absolute atomic E-state index is 7.89. The topological polar surface area (TPSA) is 58.2 Å². The summed E-state index contributed by atoms with van der Waals surface area (Å²) in [5.41, 5.74) is 31.2. The largest absolute Gasteiger partial charge is 0.458 e. The average Bonchev–Trinajstić information content (AvgIpc) is 0.750. The fourth-order valence-electron chi connectivity index (χ4n) is 21.3. The normalized spacial score (nSPS) is 13.7. The number of benzene rings is 15. The van der Waals surface area contributed by atoms with E-state index < -0.39 is 0 Å². The molecular formula is C100H64B3N5O4S2. The Morgan fingerprint density at radius 1 is 0.254 bits per heavy atom. The Morgan fingerprint density at radius 2 is 0.553 bits per heavy atom. The maximum atomic E-state index is 7.89. The first-order valence-corrected chi connectivity index (χ1v) is 41.0. The zero-order valence-corrected chi connectivity index (χ0v) is 64.6. The lowest BCUT2D eigenvalue weighted by Gasteiger charge is -2.46. The van der Waals surface area contributed by atoms with Crippen molar-refractivity contribution >= 4 is 210 Å². The molecule has 0 unspecified atom stereocenters. The molecule has 0 saturated heterocycles. The van der Waals surface area contributed by atoms with Crippen LogP contribution in [0.25, 0.3) is 103 Å². The molecule has 5 aromatic heterocycles. The zero-order chi connectivity index (χ0) is 75.1. The van der Waals surface area contributed by atoms with Crippen LogP contribution in [0.3, 0.4) is 0 Å². The highest BCUT2D eigenvalue weighted by Gasteiger charge is 2.51. The molecule has 0 aliphatic carbocycles. The predicted octanol–water partition coefficient (Wildman–Crippen LogP) is 20.8. The number of ether oxygens (including phenoxy) is 4. The van der Waals surface area contributed by atoms with Gasteiger partial charge in [-0.2, -0.15) is 0 Å². The number of hydrogen-bond acceptors (Lipinski definition) is 8. The minimum Gasteiger partial charge on any atom is -0.458 e. The van der Waals surface area contributed by atoms with E-state index in [0.717, 1.165) is 172 Å². The molecule has 114 heavy (non-hydrogen) atoms. The number of rotatable bonds is 5. The SMILES string of the molecule is Cc1cc(C)c(N2c3cc4c(cc3B3c5cc6c(cc5N(c5c(C)cc(C)cc5C)c5cc(-n7c8ccccc8c8ccccc87)cc2c53)Oc2cc(-n3c5ccccc5c5ccccc53)cc3c2B6c2sc5ccccc5c2O3)B2c3sc5ccccc5c3Oc3cc(-n5c6ccccc6c6ccccc65)cc(c32)O4)c(C)c1. The van der Waals surface area contributed by atoms with Crippen molar-refractivity contribution in [3.05, 3.63) is 312 Å². The van der Waals surface area contributed by atoms with Crippen LogP contribution in [0.1, 0.15) is 33.4 Å². The molecule has 534 valence electrons. The highest BCUT2D eigenvalue weighted by Crippen LogP contribution is 2.53. The van der Waals surface area contributed by atoms with E-state index in [1.807, 2.05) is 22.7 Å². The zero-order valence-electron chi connectivity index (χ0n) is 63.0. The van der Waals surface area contributed by atoms with Crippen LogP contribution in [0.4, 0.5) is 34.1 Å². The molecule has 26 rings (SSSR count). The Balaban J connectivity index is 0.789. The van der Waals surface area contributed by atoms with Crippen LogP contribution in [-0.4, -0.2) is 33.8 Å². The van der Waals surface area contributed by atoms with Crippen molar-refractivity contribution in [3.8, 4) is 63.1 Å². The van der Waals surface area contributed by atoms with Gasteiger partial charge in [-0.15, -0.1) is 22.7 Å². The molecule has 9 nitrogen and oxygen atoms in total. The quantitative estimate of drug-likeness (QED) is 0.160. The minimum absolute atomic E-state index is 0.266. The number of hydrogen-bond donors (Lipinski definition) is 0. The second kappa shape index (κ2) is 22.7. The summed E-state index contributed by atoms with van der Waals surface area (Å²) >= 11 is 3.67. The number of anilines is 6. The van der Waals surface area contributed by atoms with Gasteiger partial charge in [-0.1, -0.05) is 181 Å². The summed E-state index contributed by atoms with van der Waals surface area (Å²) in [4.78, 5) is 5.28. The lowest BCUT2D eigenvalue weighted by molar-refractivity contribution is 0.467. The van der Waals surface area contributed by atoms with E-state index in [-0.39, 0.29) is 20.1 Å². The number of para-hydroxylation sites is 6. The molecule has 0 saturated carbocycles. The summed E-state index contributed by atoms with van der Waals surface area (Å²) in [6.07, 6.45) is 0. The Hall–Kier alpha value is -13.4. The monoisotopic (exact) mass is 1500 g/mol. The van der Waals surface area contributed by atoms with Gasteiger partial charge in [0.2, 0.25) is 0 Å². The van der Waals surface area contributed by atoms with Gasteiger partial charge in [0.25, 0.3) is 20.1 Å². The summed E-state index contributed by atoms with van der Waals surface area (Å²) in [6, 6.07) is 104. The molecule has 0 N–H and O–H groups in total. The third kappa shape index (κ3) is 8.39. The van der Waals surface area contributed by atoms with Crippen LogP contribution >= 0.6 is 22.7 Å². The Kier molecular flexibility index (Phi) is 12.6. The minimum atomic E-state index is -0.368. The summed E-state index contributed by atoms with van der Waals surface area (Å²) in [5, 5.41) is 9.36. The molecule has 11 heterocycles. The fourth-order valence-corrected chi connectivity index (χ4v) is 23.8. The highest BCUT2D eigenvalue weighted by molar-refractivity contribution is 7.33. The standard InChI is InChI=1S/C100H64B3N5O4S2/c1-53-39-55(3)95(56(4)40-53)107-80-51-84-72(102-93-86(109-84)45-60(47-88(93)111-97-68-29-13-21-37-90(68)113-99(97)102)105-76-33-17-9-25-64(76)65-26-10-18-34-77(65)105)49-70(80)101-71-50-73-85(52-81(71)108(96-57(5)41-54(2)42-58(96)6)83-44-59(43-82(107)92(83)101)104-74-31-15-7-23-62(74)63-24-8-16-32-75(63)104)110-87-46-61(106-78-35-19-11-27-66(78)67-28-12-20-36-79(67)106)48-89-94(87)103(73)100-98(112-89)69-30-14-22-38-91(69)114-100/h7-52H,1-6H3. The van der Waals surface area contributed by atoms with Gasteiger partial charge in [-0.25, -0.2) is 0 Å². The van der Waals surface area contributed by atoms with Crippen LogP contribution in [-0.2, 0) is 0 Å². The fraction of sp³-hybridized carbons (Fsp3) is 0.0600. The van der Waals surface area contributed by atoms with Gasteiger partial charge in [-0.3, -0.25) is 0 Å². The molecule has 14 heteroatoms. The number of thiophene rings is 2. The van der Waals surface area contributed by atoms with E-state index in [1.165, 1.54) is 91.5 Å². The van der Waals surface area contributed by atoms with E-state index in [2.05, 4.69) is 344 Å². The van der Waals surface area contributed by atoms with Crippen LogP contribution in [0, 0.1) is 41.5 Å². The van der Waals surface area contributed by atoms with Gasteiger partial charge in [0.05, 0.1) is 61.5 Å². The molecule has 0 fully saturated rings. The summed E-state index contributed by atoms with van der Waals surface area (Å²) < 4.78 is 42.8. The Bertz CT molecular complexity index is 7250. The van der Waals surface area contributed by atoms with Crippen molar-refractivity contribution in [2.45, 2.75) is 41.5 Å². The van der Waals surface area contributed by atoms with Crippen molar-refractivity contribution in [1.82, 2.24) is 13.7 Å². The molecule has 0 radical (unpaired) electrons. The third-order valence-electron chi connectivity index (χ3n) is 25.5. The van der Waals surface area contributed by atoms with Crippen molar-refractivity contribution < 1.29 is 18.9 Å². The molecule has 0 spiro atoms. The second-order valence-corrected chi connectivity index (χ2v) is 34.2.